The largest absolute Gasteiger partial charge is 0.324 e. The van der Waals surface area contributed by atoms with E-state index in [0.717, 1.165) is 11.4 Å². The molecule has 2 aromatic rings. The van der Waals surface area contributed by atoms with Crippen molar-refractivity contribution < 1.29 is 0 Å². The van der Waals surface area contributed by atoms with Gasteiger partial charge in [-0.1, -0.05) is 4.49 Å². The van der Waals surface area contributed by atoms with Crippen molar-refractivity contribution in [3.63, 3.8) is 0 Å². The van der Waals surface area contributed by atoms with Gasteiger partial charge >= 0.3 is 0 Å². The maximum absolute atomic E-state index is 5.78. The number of rotatable bonds is 3. The topological polar surface area (TPSA) is 43.6 Å². The highest BCUT2D eigenvalue weighted by atomic mass is 35.5. The van der Waals surface area contributed by atoms with Crippen LogP contribution in [-0.2, 0) is 5.88 Å². The van der Waals surface area contributed by atoms with Crippen LogP contribution >= 0.6 is 23.1 Å². The maximum atomic E-state index is 5.78. The molecule has 0 spiro atoms. The lowest BCUT2D eigenvalue weighted by atomic mass is 10.2. The monoisotopic (exact) mass is 228 g/mol. The van der Waals surface area contributed by atoms with Gasteiger partial charge in [-0.25, -0.2) is 4.98 Å². The Balaban J connectivity index is 2.31. The predicted molar refractivity (Wildman–Crippen MR) is 55.5 cm³/mol. The average Bonchev–Trinajstić information content (AvgIpc) is 2.87. The lowest BCUT2D eigenvalue weighted by Gasteiger charge is -2.12. The summed E-state index contributed by atoms with van der Waals surface area (Å²) in [6.07, 6.45) is 3.53. The lowest BCUT2D eigenvalue weighted by Crippen LogP contribution is -2.08. The van der Waals surface area contributed by atoms with Crippen LogP contribution < -0.4 is 0 Å². The van der Waals surface area contributed by atoms with Gasteiger partial charge in [-0.15, -0.1) is 16.7 Å². The molecule has 0 amide bonds. The van der Waals surface area contributed by atoms with Gasteiger partial charge < -0.3 is 4.57 Å². The summed E-state index contributed by atoms with van der Waals surface area (Å²) < 4.78 is 5.84. The molecule has 0 aliphatic carbocycles. The molecule has 2 aromatic heterocycles. The van der Waals surface area contributed by atoms with Gasteiger partial charge in [0.05, 0.1) is 29.6 Å². The Morgan fingerprint density at radius 2 is 2.50 bits per heavy atom. The van der Waals surface area contributed by atoms with Crippen LogP contribution in [0.2, 0.25) is 0 Å². The van der Waals surface area contributed by atoms with Crippen LogP contribution in [0.4, 0.5) is 0 Å². The Kier molecular flexibility index (Phi) is 2.79. The molecule has 1 atom stereocenters. The molecule has 0 radical (unpaired) electrons. The Hall–Kier alpha value is -0.940. The molecular formula is C8H9ClN4S. The van der Waals surface area contributed by atoms with Crippen molar-refractivity contribution >= 4 is 23.1 Å². The first kappa shape index (κ1) is 9.61. The van der Waals surface area contributed by atoms with Gasteiger partial charge in [0.25, 0.3) is 0 Å². The zero-order valence-electron chi connectivity index (χ0n) is 7.59. The van der Waals surface area contributed by atoms with Gasteiger partial charge in [0.1, 0.15) is 0 Å². The van der Waals surface area contributed by atoms with E-state index in [2.05, 4.69) is 21.5 Å². The Morgan fingerprint density at radius 1 is 1.64 bits per heavy atom. The van der Waals surface area contributed by atoms with E-state index in [1.165, 1.54) is 11.5 Å². The summed E-state index contributed by atoms with van der Waals surface area (Å²) in [4.78, 5) is 4.06. The van der Waals surface area contributed by atoms with Crippen molar-refractivity contribution in [2.75, 3.05) is 0 Å². The van der Waals surface area contributed by atoms with Crippen molar-refractivity contribution in [2.24, 2.45) is 0 Å². The Bertz CT molecular complexity index is 397. The SMILES string of the molecule is CC(c1csnn1)n1cncc1CCl. The van der Waals surface area contributed by atoms with E-state index >= 15 is 0 Å². The third-order valence-corrected chi connectivity index (χ3v) is 2.90. The number of aromatic nitrogens is 4. The highest BCUT2D eigenvalue weighted by molar-refractivity contribution is 7.03. The summed E-state index contributed by atoms with van der Waals surface area (Å²) in [5, 5.41) is 5.96. The fourth-order valence-electron chi connectivity index (χ4n) is 1.28. The van der Waals surface area contributed by atoms with E-state index in [-0.39, 0.29) is 6.04 Å². The van der Waals surface area contributed by atoms with Crippen LogP contribution in [0.3, 0.4) is 0 Å². The molecule has 6 heteroatoms. The zero-order valence-corrected chi connectivity index (χ0v) is 9.16. The first-order valence-corrected chi connectivity index (χ1v) is 5.53. The second-order valence-electron chi connectivity index (χ2n) is 2.93. The van der Waals surface area contributed by atoms with Crippen molar-refractivity contribution in [1.82, 2.24) is 19.1 Å². The van der Waals surface area contributed by atoms with E-state index < -0.39 is 0 Å². The molecular weight excluding hydrogens is 220 g/mol. The van der Waals surface area contributed by atoms with E-state index in [1.807, 2.05) is 9.95 Å². The molecule has 74 valence electrons. The molecule has 0 saturated carbocycles. The van der Waals surface area contributed by atoms with Crippen molar-refractivity contribution in [1.29, 1.82) is 0 Å². The van der Waals surface area contributed by atoms with E-state index in [1.54, 1.807) is 12.5 Å². The number of imidazole rings is 1. The maximum Gasteiger partial charge on any atom is 0.0981 e. The second kappa shape index (κ2) is 4.06. The van der Waals surface area contributed by atoms with E-state index in [4.69, 9.17) is 11.6 Å². The molecule has 0 fully saturated rings. The van der Waals surface area contributed by atoms with Crippen LogP contribution in [-0.4, -0.2) is 19.1 Å². The minimum Gasteiger partial charge on any atom is -0.324 e. The van der Waals surface area contributed by atoms with Gasteiger partial charge in [0.15, 0.2) is 0 Å². The number of alkyl halides is 1. The molecule has 0 aliphatic heterocycles. The first-order valence-electron chi connectivity index (χ1n) is 4.16. The molecule has 0 aromatic carbocycles. The molecule has 0 bridgehead atoms. The Morgan fingerprint density at radius 3 is 3.14 bits per heavy atom. The molecule has 0 saturated heterocycles. The van der Waals surface area contributed by atoms with Crippen LogP contribution in [0.5, 0.6) is 0 Å². The third kappa shape index (κ3) is 1.65. The molecule has 4 nitrogen and oxygen atoms in total. The Labute approximate surface area is 90.7 Å². The third-order valence-electron chi connectivity index (χ3n) is 2.11. The highest BCUT2D eigenvalue weighted by Gasteiger charge is 2.13. The minimum absolute atomic E-state index is 0.144. The van der Waals surface area contributed by atoms with Gasteiger partial charge in [-0.05, 0) is 18.5 Å². The highest BCUT2D eigenvalue weighted by Crippen LogP contribution is 2.18. The molecule has 1 unspecified atom stereocenters. The average molecular weight is 229 g/mol. The number of nitrogens with zero attached hydrogens (tertiary/aromatic N) is 4. The number of hydrogen-bond acceptors (Lipinski definition) is 4. The lowest BCUT2D eigenvalue weighted by molar-refractivity contribution is 0.601. The minimum atomic E-state index is 0.144. The van der Waals surface area contributed by atoms with Crippen molar-refractivity contribution in [2.45, 2.75) is 18.8 Å². The van der Waals surface area contributed by atoms with Gasteiger partial charge in [0.2, 0.25) is 0 Å². The van der Waals surface area contributed by atoms with Crippen molar-refractivity contribution in [3.8, 4) is 0 Å². The van der Waals surface area contributed by atoms with E-state index in [9.17, 15) is 0 Å². The van der Waals surface area contributed by atoms with Crippen LogP contribution in [0, 0.1) is 0 Å². The van der Waals surface area contributed by atoms with Crippen LogP contribution in [0.25, 0.3) is 0 Å². The van der Waals surface area contributed by atoms with Gasteiger partial charge in [-0.2, -0.15) is 0 Å². The zero-order chi connectivity index (χ0) is 9.97. The normalized spacial score (nSPS) is 13.0. The summed E-state index contributed by atoms with van der Waals surface area (Å²) in [5.41, 5.74) is 1.94. The van der Waals surface area contributed by atoms with Gasteiger partial charge in [0, 0.05) is 11.6 Å². The summed E-state index contributed by atoms with van der Waals surface area (Å²) in [6.45, 7) is 2.05. The number of hydrogen-bond donors (Lipinski definition) is 0. The van der Waals surface area contributed by atoms with Gasteiger partial charge in [-0.3, -0.25) is 0 Å². The molecule has 14 heavy (non-hydrogen) atoms. The summed E-state index contributed by atoms with van der Waals surface area (Å²) in [6, 6.07) is 0.144. The summed E-state index contributed by atoms with van der Waals surface area (Å²) >= 11 is 7.14. The van der Waals surface area contributed by atoms with Crippen LogP contribution in [0.15, 0.2) is 17.9 Å². The molecule has 2 heterocycles. The first-order chi connectivity index (χ1) is 6.83. The molecule has 0 N–H and O–H groups in total. The molecule has 0 aliphatic rings. The quantitative estimate of drug-likeness (QED) is 0.756. The van der Waals surface area contributed by atoms with E-state index in [0.29, 0.717) is 5.88 Å². The number of halogens is 1. The summed E-state index contributed by atoms with van der Waals surface area (Å²) in [5.74, 6) is 0.460. The molecule has 2 rings (SSSR count). The van der Waals surface area contributed by atoms with Crippen LogP contribution in [0.1, 0.15) is 24.4 Å². The predicted octanol–water partition coefficient (Wildman–Crippen LogP) is 2.08. The second-order valence-corrected chi connectivity index (χ2v) is 3.81. The smallest absolute Gasteiger partial charge is 0.0981 e. The van der Waals surface area contributed by atoms with Crippen molar-refractivity contribution in [3.05, 3.63) is 29.3 Å². The fraction of sp³-hybridized carbons (Fsp3) is 0.375. The fourth-order valence-corrected chi connectivity index (χ4v) is 2.03. The summed E-state index contributed by atoms with van der Waals surface area (Å²) in [7, 11) is 0. The standard InChI is InChI=1S/C8H9ClN4S/c1-6(8-4-14-12-11-8)13-5-10-3-7(13)2-9/h3-6H,2H2,1H3.